The molecule has 2 N–H and O–H groups in total. The maximum atomic E-state index is 12.1. The summed E-state index contributed by atoms with van der Waals surface area (Å²) in [6.45, 7) is 1.97. The van der Waals surface area contributed by atoms with Crippen LogP contribution in [0, 0.1) is 0 Å². The number of halogens is 3. The first-order valence-electron chi connectivity index (χ1n) is 4.22. The first-order valence-corrected chi connectivity index (χ1v) is 5.04. The molecule has 86 valence electrons. The molecule has 8 heteroatoms. The molecule has 0 aliphatic heterocycles. The van der Waals surface area contributed by atoms with E-state index >= 15 is 0 Å². The third-order valence-electron chi connectivity index (χ3n) is 1.51. The molecule has 1 heterocycles. The van der Waals surface area contributed by atoms with E-state index in [-0.39, 0.29) is 5.13 Å². The predicted octanol–water partition coefficient (Wildman–Crippen LogP) is 1.74. The van der Waals surface area contributed by atoms with Crippen molar-refractivity contribution >= 4 is 16.5 Å². The van der Waals surface area contributed by atoms with Crippen molar-refractivity contribution in [2.75, 3.05) is 11.9 Å². The van der Waals surface area contributed by atoms with Gasteiger partial charge in [0.25, 0.3) is 0 Å². The van der Waals surface area contributed by atoms with Crippen LogP contribution in [0.15, 0.2) is 0 Å². The molecule has 0 radical (unpaired) electrons. The van der Waals surface area contributed by atoms with Gasteiger partial charge >= 0.3 is 6.18 Å². The maximum absolute atomic E-state index is 12.1. The van der Waals surface area contributed by atoms with Crippen molar-refractivity contribution in [2.45, 2.75) is 25.6 Å². The lowest BCUT2D eigenvalue weighted by molar-refractivity contribution is -0.138. The number of alkyl halides is 3. The Morgan fingerprint density at radius 2 is 2.13 bits per heavy atom. The molecule has 1 aromatic rings. The Bertz CT molecular complexity index is 313. The number of nitrogens with one attached hydrogen (secondary N) is 1. The van der Waals surface area contributed by atoms with Crippen LogP contribution >= 0.6 is 11.3 Å². The van der Waals surface area contributed by atoms with Crippen LogP contribution in [-0.4, -0.2) is 28.0 Å². The van der Waals surface area contributed by atoms with E-state index in [2.05, 4.69) is 15.5 Å². The highest BCUT2D eigenvalue weighted by Gasteiger charge is 2.35. The Balaban J connectivity index is 2.47. The van der Waals surface area contributed by atoms with Gasteiger partial charge in [-0.05, 0) is 13.3 Å². The number of hydrogen-bond donors (Lipinski definition) is 2. The summed E-state index contributed by atoms with van der Waals surface area (Å²) in [6, 6.07) is 0. The van der Waals surface area contributed by atoms with E-state index in [1.165, 1.54) is 0 Å². The number of aliphatic hydroxyl groups excluding tert-OH is 1. The summed E-state index contributed by atoms with van der Waals surface area (Å²) in [6.07, 6.45) is -4.49. The second kappa shape index (κ2) is 4.75. The zero-order valence-electron chi connectivity index (χ0n) is 7.88. The predicted molar refractivity (Wildman–Crippen MR) is 49.7 cm³/mol. The third-order valence-corrected chi connectivity index (χ3v) is 2.43. The standard InChI is InChI=1S/C7H10F3N3OS/c1-4(14)2-3-11-6-13-12-5(15-6)7(8,9)10/h4,14H,2-3H2,1H3,(H,11,13). The highest BCUT2D eigenvalue weighted by Crippen LogP contribution is 2.32. The number of aromatic nitrogens is 2. The number of rotatable bonds is 4. The molecule has 1 unspecified atom stereocenters. The van der Waals surface area contributed by atoms with E-state index in [1.54, 1.807) is 6.92 Å². The third kappa shape index (κ3) is 4.00. The van der Waals surface area contributed by atoms with Gasteiger partial charge in [0.2, 0.25) is 10.1 Å². The Morgan fingerprint density at radius 1 is 1.47 bits per heavy atom. The Kier molecular flexibility index (Phi) is 3.86. The van der Waals surface area contributed by atoms with Crippen molar-refractivity contribution in [3.8, 4) is 0 Å². The van der Waals surface area contributed by atoms with Crippen LogP contribution < -0.4 is 5.32 Å². The van der Waals surface area contributed by atoms with Crippen LogP contribution in [0.1, 0.15) is 18.4 Å². The van der Waals surface area contributed by atoms with Gasteiger partial charge in [-0.2, -0.15) is 13.2 Å². The molecule has 0 aliphatic rings. The number of aliphatic hydroxyl groups is 1. The van der Waals surface area contributed by atoms with Crippen LogP contribution in [0.5, 0.6) is 0 Å². The van der Waals surface area contributed by atoms with E-state index in [0.717, 1.165) is 0 Å². The molecular formula is C7H10F3N3OS. The second-order valence-electron chi connectivity index (χ2n) is 2.97. The molecule has 0 aliphatic carbocycles. The minimum atomic E-state index is -4.44. The van der Waals surface area contributed by atoms with Gasteiger partial charge in [-0.3, -0.25) is 0 Å². The van der Waals surface area contributed by atoms with Crippen molar-refractivity contribution in [1.29, 1.82) is 0 Å². The molecule has 0 saturated carbocycles. The van der Waals surface area contributed by atoms with Crippen molar-refractivity contribution in [3.05, 3.63) is 5.01 Å². The highest BCUT2D eigenvalue weighted by atomic mass is 32.1. The molecule has 4 nitrogen and oxygen atoms in total. The largest absolute Gasteiger partial charge is 0.445 e. The zero-order chi connectivity index (χ0) is 11.5. The van der Waals surface area contributed by atoms with Gasteiger partial charge in [-0.1, -0.05) is 11.3 Å². The molecule has 0 fully saturated rings. The van der Waals surface area contributed by atoms with E-state index in [9.17, 15) is 13.2 Å². The molecule has 0 amide bonds. The van der Waals surface area contributed by atoms with Crippen molar-refractivity contribution in [3.63, 3.8) is 0 Å². The van der Waals surface area contributed by atoms with Crippen LogP contribution in [-0.2, 0) is 6.18 Å². The Hall–Kier alpha value is -0.890. The first kappa shape index (κ1) is 12.2. The molecule has 1 atom stereocenters. The Morgan fingerprint density at radius 3 is 2.60 bits per heavy atom. The number of hydrogen-bond acceptors (Lipinski definition) is 5. The average Bonchev–Trinajstić information content (AvgIpc) is 2.51. The fourth-order valence-electron chi connectivity index (χ4n) is 0.797. The van der Waals surface area contributed by atoms with Gasteiger partial charge < -0.3 is 10.4 Å². The van der Waals surface area contributed by atoms with Crippen molar-refractivity contribution in [2.24, 2.45) is 0 Å². The fourth-order valence-corrected chi connectivity index (χ4v) is 1.43. The lowest BCUT2D eigenvalue weighted by Crippen LogP contribution is -2.09. The molecular weight excluding hydrogens is 231 g/mol. The summed E-state index contributed by atoms with van der Waals surface area (Å²) in [5.74, 6) is 0. The summed E-state index contributed by atoms with van der Waals surface area (Å²) < 4.78 is 36.3. The first-order chi connectivity index (χ1) is 6.89. The van der Waals surface area contributed by atoms with Crippen LogP contribution in [0.3, 0.4) is 0 Å². The molecule has 1 rings (SSSR count). The highest BCUT2D eigenvalue weighted by molar-refractivity contribution is 7.15. The van der Waals surface area contributed by atoms with Gasteiger partial charge in [-0.25, -0.2) is 0 Å². The van der Waals surface area contributed by atoms with Crippen LogP contribution in [0.25, 0.3) is 0 Å². The Labute approximate surface area is 88.1 Å². The van der Waals surface area contributed by atoms with E-state index in [0.29, 0.717) is 24.3 Å². The smallest absolute Gasteiger partial charge is 0.393 e. The van der Waals surface area contributed by atoms with Crippen molar-refractivity contribution in [1.82, 2.24) is 10.2 Å². The van der Waals surface area contributed by atoms with E-state index in [4.69, 9.17) is 5.11 Å². The topological polar surface area (TPSA) is 58.0 Å². The van der Waals surface area contributed by atoms with E-state index < -0.39 is 17.3 Å². The minimum absolute atomic E-state index is 0.114. The van der Waals surface area contributed by atoms with Gasteiger partial charge in [0, 0.05) is 6.54 Å². The van der Waals surface area contributed by atoms with Gasteiger partial charge in [0.05, 0.1) is 6.10 Å². The SMILES string of the molecule is CC(O)CCNc1nnc(C(F)(F)F)s1. The molecule has 0 aromatic carbocycles. The lowest BCUT2D eigenvalue weighted by atomic mass is 10.3. The van der Waals surface area contributed by atoms with Crippen LogP contribution in [0.4, 0.5) is 18.3 Å². The molecule has 1 aromatic heterocycles. The second-order valence-corrected chi connectivity index (χ2v) is 3.95. The average molecular weight is 241 g/mol. The summed E-state index contributed by atoms with van der Waals surface area (Å²) in [5.41, 5.74) is 0. The summed E-state index contributed by atoms with van der Waals surface area (Å²) in [4.78, 5) is 0. The van der Waals surface area contributed by atoms with Crippen molar-refractivity contribution < 1.29 is 18.3 Å². The fraction of sp³-hybridized carbons (Fsp3) is 0.714. The normalized spacial score (nSPS) is 13.9. The number of anilines is 1. The molecule has 0 saturated heterocycles. The zero-order valence-corrected chi connectivity index (χ0v) is 8.69. The summed E-state index contributed by atoms with van der Waals surface area (Å²) >= 11 is 0.452. The van der Waals surface area contributed by atoms with Crippen LogP contribution in [0.2, 0.25) is 0 Å². The number of nitrogens with zero attached hydrogens (tertiary/aromatic N) is 2. The molecule has 0 spiro atoms. The van der Waals surface area contributed by atoms with Gasteiger partial charge in [-0.15, -0.1) is 10.2 Å². The summed E-state index contributed by atoms with van der Waals surface area (Å²) in [7, 11) is 0. The maximum Gasteiger partial charge on any atom is 0.445 e. The minimum Gasteiger partial charge on any atom is -0.393 e. The summed E-state index contributed by atoms with van der Waals surface area (Å²) in [5, 5.41) is 17.0. The molecule has 15 heavy (non-hydrogen) atoms. The molecule has 0 bridgehead atoms. The van der Waals surface area contributed by atoms with Gasteiger partial charge in [0.15, 0.2) is 0 Å². The monoisotopic (exact) mass is 241 g/mol. The van der Waals surface area contributed by atoms with E-state index in [1.807, 2.05) is 0 Å². The quantitative estimate of drug-likeness (QED) is 0.843. The van der Waals surface area contributed by atoms with Gasteiger partial charge in [0.1, 0.15) is 0 Å². The lowest BCUT2D eigenvalue weighted by Gasteiger charge is -2.03.